The number of methoxy groups -OCH3 is 1. The van der Waals surface area contributed by atoms with E-state index in [4.69, 9.17) is 25.7 Å². The van der Waals surface area contributed by atoms with Gasteiger partial charge in [0.2, 0.25) is 5.88 Å². The number of hydrogen-bond acceptors (Lipinski definition) is 5. The summed E-state index contributed by atoms with van der Waals surface area (Å²) in [6.45, 7) is 1.74. The van der Waals surface area contributed by atoms with Gasteiger partial charge in [-0.15, -0.1) is 0 Å². The summed E-state index contributed by atoms with van der Waals surface area (Å²) in [5, 5.41) is 16.7. The molecule has 0 amide bonds. The lowest BCUT2D eigenvalue weighted by molar-refractivity contribution is 0.280. The number of pyridine rings is 1. The smallest absolute Gasteiger partial charge is 0.230 e. The zero-order valence-electron chi connectivity index (χ0n) is 11.9. The van der Waals surface area contributed by atoms with Crippen molar-refractivity contribution in [1.29, 1.82) is 5.41 Å². The number of aromatic nitrogens is 1. The van der Waals surface area contributed by atoms with E-state index in [1.807, 2.05) is 6.92 Å². The van der Waals surface area contributed by atoms with E-state index in [-0.39, 0.29) is 18.3 Å². The van der Waals surface area contributed by atoms with Crippen molar-refractivity contribution in [3.05, 3.63) is 47.2 Å². The van der Waals surface area contributed by atoms with Crippen LogP contribution >= 0.6 is 0 Å². The fourth-order valence-electron chi connectivity index (χ4n) is 1.81. The monoisotopic (exact) mass is 287 g/mol. The van der Waals surface area contributed by atoms with Crippen LogP contribution in [0.15, 0.2) is 30.3 Å². The van der Waals surface area contributed by atoms with Gasteiger partial charge in [-0.2, -0.15) is 0 Å². The van der Waals surface area contributed by atoms with Crippen molar-refractivity contribution < 1.29 is 14.6 Å². The topological polar surface area (TPSA) is 101 Å². The van der Waals surface area contributed by atoms with Crippen molar-refractivity contribution in [2.75, 3.05) is 7.11 Å². The molecule has 0 saturated heterocycles. The predicted octanol–water partition coefficient (Wildman–Crippen LogP) is 1.97. The van der Waals surface area contributed by atoms with E-state index in [1.165, 1.54) is 7.11 Å². The first-order chi connectivity index (χ1) is 10.0. The Morgan fingerprint density at radius 1 is 1.29 bits per heavy atom. The molecule has 110 valence electrons. The van der Waals surface area contributed by atoms with Crippen LogP contribution in [0.1, 0.15) is 16.8 Å². The fraction of sp³-hybridized carbons (Fsp3) is 0.200. The molecule has 4 N–H and O–H groups in total. The Kier molecular flexibility index (Phi) is 4.39. The van der Waals surface area contributed by atoms with Gasteiger partial charge < -0.3 is 20.3 Å². The van der Waals surface area contributed by atoms with E-state index < -0.39 is 0 Å². The van der Waals surface area contributed by atoms with Crippen LogP contribution < -0.4 is 15.2 Å². The molecule has 1 aromatic carbocycles. The number of aliphatic hydroxyl groups excluding tert-OH is 1. The Labute approximate surface area is 122 Å². The number of rotatable bonds is 5. The van der Waals surface area contributed by atoms with E-state index in [1.54, 1.807) is 30.3 Å². The maximum atomic E-state index is 9.14. The normalized spacial score (nSPS) is 10.2. The molecule has 0 aliphatic carbocycles. The highest BCUT2D eigenvalue weighted by molar-refractivity contribution is 5.97. The number of nitrogen functional groups attached to an aromatic ring is 1. The zero-order valence-corrected chi connectivity index (χ0v) is 11.9. The number of aliphatic hydroxyl groups is 1. The van der Waals surface area contributed by atoms with Crippen LogP contribution in [0.3, 0.4) is 0 Å². The third-order valence-electron chi connectivity index (χ3n) is 2.91. The Morgan fingerprint density at radius 3 is 2.67 bits per heavy atom. The Morgan fingerprint density at radius 2 is 2.05 bits per heavy atom. The summed E-state index contributed by atoms with van der Waals surface area (Å²) in [4.78, 5) is 4.26. The van der Waals surface area contributed by atoms with E-state index in [0.717, 1.165) is 5.69 Å². The lowest BCUT2D eigenvalue weighted by Gasteiger charge is -2.13. The van der Waals surface area contributed by atoms with Gasteiger partial charge in [-0.1, -0.05) is 6.07 Å². The average Bonchev–Trinajstić information content (AvgIpc) is 2.47. The van der Waals surface area contributed by atoms with Crippen molar-refractivity contribution in [2.24, 2.45) is 5.73 Å². The van der Waals surface area contributed by atoms with Crippen LogP contribution in [0.2, 0.25) is 0 Å². The third-order valence-corrected chi connectivity index (χ3v) is 2.91. The largest absolute Gasteiger partial charge is 0.493 e. The van der Waals surface area contributed by atoms with Gasteiger partial charge in [-0.05, 0) is 36.8 Å². The number of amidine groups is 1. The molecule has 0 bridgehead atoms. The first kappa shape index (κ1) is 14.8. The van der Waals surface area contributed by atoms with Gasteiger partial charge in [0, 0.05) is 5.69 Å². The lowest BCUT2D eigenvalue weighted by atomic mass is 10.2. The minimum atomic E-state index is -0.122. The van der Waals surface area contributed by atoms with Crippen LogP contribution in [0, 0.1) is 12.3 Å². The number of hydrogen-bond donors (Lipinski definition) is 3. The van der Waals surface area contributed by atoms with Gasteiger partial charge >= 0.3 is 0 Å². The molecule has 0 fully saturated rings. The number of ether oxygens (including phenoxy) is 2. The van der Waals surface area contributed by atoms with Gasteiger partial charge in [-0.3, -0.25) is 5.41 Å². The minimum absolute atomic E-state index is 0.0853. The van der Waals surface area contributed by atoms with Crippen LogP contribution in [-0.4, -0.2) is 23.0 Å². The van der Waals surface area contributed by atoms with Gasteiger partial charge in [0.25, 0.3) is 0 Å². The molecule has 1 heterocycles. The molecule has 0 unspecified atom stereocenters. The molecular weight excluding hydrogens is 270 g/mol. The molecule has 1 aromatic heterocycles. The number of nitrogens with one attached hydrogen (secondary N) is 1. The summed E-state index contributed by atoms with van der Waals surface area (Å²) in [5.74, 6) is 1.04. The molecule has 0 saturated carbocycles. The first-order valence-electron chi connectivity index (χ1n) is 6.33. The molecule has 2 rings (SSSR count). The van der Waals surface area contributed by atoms with Crippen LogP contribution in [0.5, 0.6) is 17.4 Å². The summed E-state index contributed by atoms with van der Waals surface area (Å²) >= 11 is 0. The molecule has 0 spiro atoms. The summed E-state index contributed by atoms with van der Waals surface area (Å²) in [5.41, 5.74) is 7.41. The highest BCUT2D eigenvalue weighted by atomic mass is 16.5. The van der Waals surface area contributed by atoms with E-state index >= 15 is 0 Å². The molecule has 2 aromatic rings. The minimum Gasteiger partial charge on any atom is -0.493 e. The molecule has 6 nitrogen and oxygen atoms in total. The summed E-state index contributed by atoms with van der Waals surface area (Å²) in [6.07, 6.45) is 0. The molecule has 0 radical (unpaired) electrons. The zero-order chi connectivity index (χ0) is 15.4. The van der Waals surface area contributed by atoms with Crippen LogP contribution in [0.4, 0.5) is 0 Å². The summed E-state index contributed by atoms with van der Waals surface area (Å²) < 4.78 is 11.0. The number of nitrogens with two attached hydrogens (primary N) is 1. The predicted molar refractivity (Wildman–Crippen MR) is 79.0 cm³/mol. The van der Waals surface area contributed by atoms with Crippen molar-refractivity contribution in [3.63, 3.8) is 0 Å². The van der Waals surface area contributed by atoms with Crippen LogP contribution in [0.25, 0.3) is 0 Å². The molecule has 21 heavy (non-hydrogen) atoms. The van der Waals surface area contributed by atoms with Crippen molar-refractivity contribution in [3.8, 4) is 17.4 Å². The second-order valence-corrected chi connectivity index (χ2v) is 4.46. The quantitative estimate of drug-likeness (QED) is 0.576. The molecular formula is C15H17N3O3. The van der Waals surface area contributed by atoms with Gasteiger partial charge in [0.05, 0.1) is 19.3 Å². The third kappa shape index (κ3) is 3.29. The Hall–Kier alpha value is -2.60. The highest BCUT2D eigenvalue weighted by Gasteiger charge is 2.13. The lowest BCUT2D eigenvalue weighted by Crippen LogP contribution is -2.13. The van der Waals surface area contributed by atoms with Gasteiger partial charge in [0.1, 0.15) is 5.84 Å². The van der Waals surface area contributed by atoms with E-state index in [2.05, 4.69) is 4.98 Å². The van der Waals surface area contributed by atoms with E-state index in [0.29, 0.717) is 22.6 Å². The molecule has 0 aliphatic heterocycles. The van der Waals surface area contributed by atoms with Crippen molar-refractivity contribution in [1.82, 2.24) is 4.98 Å². The first-order valence-corrected chi connectivity index (χ1v) is 6.33. The Balaban J connectivity index is 2.42. The SMILES string of the molecule is COc1cc(CO)ccc1Oc1nc(C)ccc1C(=N)N. The van der Waals surface area contributed by atoms with Crippen molar-refractivity contribution in [2.45, 2.75) is 13.5 Å². The number of benzene rings is 1. The average molecular weight is 287 g/mol. The van der Waals surface area contributed by atoms with Gasteiger partial charge in [-0.25, -0.2) is 4.98 Å². The molecule has 6 heteroatoms. The second kappa shape index (κ2) is 6.23. The number of nitrogens with zero attached hydrogens (tertiary/aromatic N) is 1. The molecule has 0 aliphatic rings. The maximum Gasteiger partial charge on any atom is 0.230 e. The molecule has 0 atom stereocenters. The maximum absolute atomic E-state index is 9.14. The highest BCUT2D eigenvalue weighted by Crippen LogP contribution is 2.33. The van der Waals surface area contributed by atoms with Crippen molar-refractivity contribution >= 4 is 5.84 Å². The van der Waals surface area contributed by atoms with E-state index in [9.17, 15) is 0 Å². The van der Waals surface area contributed by atoms with Crippen LogP contribution in [-0.2, 0) is 6.61 Å². The number of aryl methyl sites for hydroxylation is 1. The Bertz CT molecular complexity index is 671. The fourth-order valence-corrected chi connectivity index (χ4v) is 1.81. The summed E-state index contributed by atoms with van der Waals surface area (Å²) in [6, 6.07) is 8.53. The standard InChI is InChI=1S/C15H17N3O3/c1-9-3-5-11(14(16)17)15(18-9)21-12-6-4-10(8-19)7-13(12)20-2/h3-7,19H,8H2,1-2H3,(H3,16,17). The summed E-state index contributed by atoms with van der Waals surface area (Å²) in [7, 11) is 1.51. The van der Waals surface area contributed by atoms with Gasteiger partial charge in [0.15, 0.2) is 11.5 Å². The second-order valence-electron chi connectivity index (χ2n) is 4.46.